The summed E-state index contributed by atoms with van der Waals surface area (Å²) in [4.78, 5) is 22.2. The van der Waals surface area contributed by atoms with Gasteiger partial charge in [0.15, 0.2) is 9.84 Å². The topological polar surface area (TPSA) is 106 Å². The number of non-ortho nitro benzene ring substituents is 1. The van der Waals surface area contributed by atoms with Gasteiger partial charge in [-0.2, -0.15) is 0 Å². The van der Waals surface area contributed by atoms with Crippen LogP contribution in [0.5, 0.6) is 0 Å². The highest BCUT2D eigenvalue weighted by molar-refractivity contribution is 7.90. The largest absolute Gasteiger partial charge is 0.322 e. The van der Waals surface area contributed by atoms with Gasteiger partial charge in [-0.3, -0.25) is 14.9 Å². The van der Waals surface area contributed by atoms with Crippen molar-refractivity contribution in [3.05, 3.63) is 63.2 Å². The van der Waals surface area contributed by atoms with Crippen molar-refractivity contribution in [2.45, 2.75) is 4.90 Å². The van der Waals surface area contributed by atoms with E-state index in [1.165, 1.54) is 42.5 Å². The number of carbonyl (C=O) groups is 1. The molecule has 0 saturated heterocycles. The zero-order valence-corrected chi connectivity index (χ0v) is 13.4. The molecule has 0 heterocycles. The number of nitrogens with one attached hydrogen (secondary N) is 1. The number of nitro groups is 1. The minimum atomic E-state index is -3.48. The molecule has 0 spiro atoms. The molecule has 0 saturated carbocycles. The molecule has 0 radical (unpaired) electrons. The molecule has 0 aromatic heterocycles. The molecule has 0 aliphatic rings. The Hall–Kier alpha value is -2.45. The first-order valence-corrected chi connectivity index (χ1v) is 8.51. The lowest BCUT2D eigenvalue weighted by Gasteiger charge is -2.08. The first-order valence-electron chi connectivity index (χ1n) is 6.24. The van der Waals surface area contributed by atoms with Gasteiger partial charge in [-0.25, -0.2) is 8.42 Å². The number of halogens is 1. The van der Waals surface area contributed by atoms with E-state index in [0.29, 0.717) is 5.69 Å². The van der Waals surface area contributed by atoms with Crippen LogP contribution >= 0.6 is 11.6 Å². The Kier molecular flexibility index (Phi) is 4.67. The summed E-state index contributed by atoms with van der Waals surface area (Å²) in [5, 5.41) is 13.2. The predicted molar refractivity (Wildman–Crippen MR) is 85.6 cm³/mol. The van der Waals surface area contributed by atoms with Crippen molar-refractivity contribution in [3.63, 3.8) is 0 Å². The highest BCUT2D eigenvalue weighted by Crippen LogP contribution is 2.22. The fourth-order valence-electron chi connectivity index (χ4n) is 1.77. The van der Waals surface area contributed by atoms with Gasteiger partial charge >= 0.3 is 0 Å². The van der Waals surface area contributed by atoms with E-state index < -0.39 is 20.7 Å². The average Bonchev–Trinajstić information content (AvgIpc) is 2.46. The molecule has 0 bridgehead atoms. The molecule has 1 amide bonds. The summed E-state index contributed by atoms with van der Waals surface area (Å²) in [5.41, 5.74) is 0.203. The molecule has 9 heteroatoms. The van der Waals surface area contributed by atoms with E-state index in [0.717, 1.165) is 6.26 Å². The van der Waals surface area contributed by atoms with E-state index in [4.69, 9.17) is 11.6 Å². The third-order valence-electron chi connectivity index (χ3n) is 2.95. The SMILES string of the molecule is CS(=O)(=O)c1ccc(Cl)c(C(=O)Nc2ccc([N+](=O)[O-])cc2)c1. The number of hydrogen-bond acceptors (Lipinski definition) is 5. The zero-order valence-electron chi connectivity index (χ0n) is 11.8. The molecule has 120 valence electrons. The maximum atomic E-state index is 12.2. The molecule has 1 N–H and O–H groups in total. The fourth-order valence-corrected chi connectivity index (χ4v) is 2.62. The smallest absolute Gasteiger partial charge is 0.269 e. The Bertz CT molecular complexity index is 879. The lowest BCUT2D eigenvalue weighted by atomic mass is 10.2. The molecule has 0 aliphatic carbocycles. The maximum absolute atomic E-state index is 12.2. The van der Waals surface area contributed by atoms with E-state index >= 15 is 0 Å². The number of benzene rings is 2. The van der Waals surface area contributed by atoms with Gasteiger partial charge in [0.25, 0.3) is 11.6 Å². The van der Waals surface area contributed by atoms with Crippen LogP contribution in [0.15, 0.2) is 47.4 Å². The van der Waals surface area contributed by atoms with Gasteiger partial charge in [-0.1, -0.05) is 11.6 Å². The van der Waals surface area contributed by atoms with Gasteiger partial charge in [0.05, 0.1) is 20.4 Å². The summed E-state index contributed by atoms with van der Waals surface area (Å²) in [5.74, 6) is -0.616. The van der Waals surface area contributed by atoms with Crippen molar-refractivity contribution >= 4 is 38.7 Å². The number of nitro benzene ring substituents is 1. The van der Waals surface area contributed by atoms with Crippen molar-refractivity contribution in [3.8, 4) is 0 Å². The highest BCUT2D eigenvalue weighted by Gasteiger charge is 2.16. The number of rotatable bonds is 4. The van der Waals surface area contributed by atoms with Crippen molar-refractivity contribution < 1.29 is 18.1 Å². The Morgan fingerprint density at radius 1 is 1.17 bits per heavy atom. The normalized spacial score (nSPS) is 11.0. The number of carbonyl (C=O) groups excluding carboxylic acids is 1. The van der Waals surface area contributed by atoms with E-state index in [-0.39, 0.29) is 21.2 Å². The Balaban J connectivity index is 2.28. The van der Waals surface area contributed by atoms with Crippen LogP contribution in [0.3, 0.4) is 0 Å². The van der Waals surface area contributed by atoms with Crippen LogP contribution in [0.25, 0.3) is 0 Å². The van der Waals surface area contributed by atoms with Crippen molar-refractivity contribution in [2.75, 3.05) is 11.6 Å². The van der Waals surface area contributed by atoms with Gasteiger partial charge in [-0.15, -0.1) is 0 Å². The Morgan fingerprint density at radius 3 is 2.30 bits per heavy atom. The number of hydrogen-bond donors (Lipinski definition) is 1. The highest BCUT2D eigenvalue weighted by atomic mass is 35.5. The molecule has 0 atom stereocenters. The van der Waals surface area contributed by atoms with E-state index in [1.807, 2.05) is 0 Å². The number of amides is 1. The van der Waals surface area contributed by atoms with Crippen LogP contribution in [0.2, 0.25) is 5.02 Å². The number of anilines is 1. The second-order valence-electron chi connectivity index (χ2n) is 4.67. The van der Waals surface area contributed by atoms with Crippen LogP contribution in [-0.4, -0.2) is 25.5 Å². The second-order valence-corrected chi connectivity index (χ2v) is 7.09. The van der Waals surface area contributed by atoms with Gasteiger partial charge in [-0.05, 0) is 30.3 Å². The lowest BCUT2D eigenvalue weighted by molar-refractivity contribution is -0.384. The summed E-state index contributed by atoms with van der Waals surface area (Å²) in [7, 11) is -3.48. The zero-order chi connectivity index (χ0) is 17.2. The molecule has 2 aromatic rings. The van der Waals surface area contributed by atoms with Crippen LogP contribution in [0, 0.1) is 10.1 Å². The molecule has 0 aliphatic heterocycles. The van der Waals surface area contributed by atoms with Crippen LogP contribution in [0.4, 0.5) is 11.4 Å². The molecule has 0 unspecified atom stereocenters. The van der Waals surface area contributed by atoms with Crippen LogP contribution < -0.4 is 5.32 Å². The molecule has 2 aromatic carbocycles. The van der Waals surface area contributed by atoms with E-state index in [9.17, 15) is 23.3 Å². The summed E-state index contributed by atoms with van der Waals surface area (Å²) in [6.45, 7) is 0. The van der Waals surface area contributed by atoms with Crippen LogP contribution in [0.1, 0.15) is 10.4 Å². The van der Waals surface area contributed by atoms with Crippen molar-refractivity contribution in [1.82, 2.24) is 0 Å². The Morgan fingerprint density at radius 2 is 1.78 bits per heavy atom. The molecular weight excluding hydrogens is 344 g/mol. The number of nitrogens with zero attached hydrogens (tertiary/aromatic N) is 1. The van der Waals surface area contributed by atoms with Gasteiger partial charge < -0.3 is 5.32 Å². The summed E-state index contributed by atoms with van der Waals surface area (Å²) >= 11 is 5.93. The van der Waals surface area contributed by atoms with Gasteiger partial charge in [0.2, 0.25) is 0 Å². The molecule has 2 rings (SSSR count). The predicted octanol–water partition coefficient (Wildman–Crippen LogP) is 2.90. The van der Waals surface area contributed by atoms with Gasteiger partial charge in [0, 0.05) is 24.1 Å². The monoisotopic (exact) mass is 354 g/mol. The minimum absolute atomic E-state index is 0.00653. The molecule has 7 nitrogen and oxygen atoms in total. The third-order valence-corrected chi connectivity index (χ3v) is 4.39. The average molecular weight is 355 g/mol. The summed E-state index contributed by atoms with van der Waals surface area (Å²) in [6, 6.07) is 9.02. The quantitative estimate of drug-likeness (QED) is 0.671. The fraction of sp³-hybridized carbons (Fsp3) is 0.0714. The van der Waals surface area contributed by atoms with Gasteiger partial charge in [0.1, 0.15) is 0 Å². The molecule has 23 heavy (non-hydrogen) atoms. The second kappa shape index (κ2) is 6.35. The molecular formula is C14H11ClN2O5S. The molecule has 0 fully saturated rings. The van der Waals surface area contributed by atoms with E-state index in [1.54, 1.807) is 0 Å². The first-order chi connectivity index (χ1) is 10.7. The number of sulfone groups is 1. The maximum Gasteiger partial charge on any atom is 0.269 e. The summed E-state index contributed by atoms with van der Waals surface area (Å²) in [6.07, 6.45) is 1.02. The van der Waals surface area contributed by atoms with E-state index in [2.05, 4.69) is 5.32 Å². The third kappa shape index (κ3) is 4.05. The minimum Gasteiger partial charge on any atom is -0.322 e. The van der Waals surface area contributed by atoms with Crippen LogP contribution in [-0.2, 0) is 9.84 Å². The first kappa shape index (κ1) is 16.9. The van der Waals surface area contributed by atoms with Crippen molar-refractivity contribution in [2.24, 2.45) is 0 Å². The lowest BCUT2D eigenvalue weighted by Crippen LogP contribution is -2.13. The summed E-state index contributed by atoms with van der Waals surface area (Å²) < 4.78 is 23.1. The van der Waals surface area contributed by atoms with Crippen molar-refractivity contribution in [1.29, 1.82) is 0 Å². The Labute approximate surface area is 137 Å². The standard InChI is InChI=1S/C14H11ClN2O5S/c1-23(21,22)11-6-7-13(15)12(8-11)14(18)16-9-2-4-10(5-3-9)17(19)20/h2-8H,1H3,(H,16,18).